The summed E-state index contributed by atoms with van der Waals surface area (Å²) in [6.07, 6.45) is 2.40. The number of piperidine rings is 1. The van der Waals surface area contributed by atoms with Crippen LogP contribution in [0.15, 0.2) is 0 Å². The van der Waals surface area contributed by atoms with Crippen molar-refractivity contribution < 1.29 is 24.0 Å². The van der Waals surface area contributed by atoms with Gasteiger partial charge in [0.05, 0.1) is 0 Å². The zero-order valence-electron chi connectivity index (χ0n) is 16.7. The van der Waals surface area contributed by atoms with Gasteiger partial charge >= 0.3 is 0 Å². The van der Waals surface area contributed by atoms with Crippen molar-refractivity contribution in [3.63, 3.8) is 0 Å². The molecule has 5 amide bonds. The van der Waals surface area contributed by atoms with E-state index in [1.54, 1.807) is 18.7 Å². The summed E-state index contributed by atoms with van der Waals surface area (Å²) in [5.41, 5.74) is 0. The second kappa shape index (κ2) is 9.03. The standard InChI is InChI=1S/C18H29N5O5/c1-9(15(25)19-4)21-17(27)14-8-6-12-5-7-13(18(28)23(12)14)22-16(26)10(2)20-11(3)24/h9-10,12-14H,5-8H2,1-4H3,(H,19,25)(H,20,24)(H,21,27)(H,22,26)/t9-,10-,12-,13-,14-/m0/s1. The Morgan fingerprint density at radius 1 is 0.964 bits per heavy atom. The third kappa shape index (κ3) is 4.79. The van der Waals surface area contributed by atoms with E-state index in [4.69, 9.17) is 0 Å². The molecule has 2 heterocycles. The molecule has 2 aliphatic heterocycles. The van der Waals surface area contributed by atoms with Crippen LogP contribution in [0.3, 0.4) is 0 Å². The highest BCUT2D eigenvalue weighted by molar-refractivity contribution is 5.96. The highest BCUT2D eigenvalue weighted by Gasteiger charge is 2.46. The first-order valence-electron chi connectivity index (χ1n) is 9.57. The molecule has 2 saturated heterocycles. The molecule has 0 radical (unpaired) electrons. The molecule has 4 N–H and O–H groups in total. The predicted molar refractivity (Wildman–Crippen MR) is 99.8 cm³/mol. The Balaban J connectivity index is 2.02. The van der Waals surface area contributed by atoms with Gasteiger partial charge in [0.2, 0.25) is 29.5 Å². The van der Waals surface area contributed by atoms with E-state index in [0.29, 0.717) is 25.7 Å². The maximum absolute atomic E-state index is 12.9. The van der Waals surface area contributed by atoms with E-state index in [9.17, 15) is 24.0 Å². The fraction of sp³-hybridized carbons (Fsp3) is 0.722. The number of amides is 5. The number of carbonyl (C=O) groups is 5. The van der Waals surface area contributed by atoms with Crippen LogP contribution in [0, 0.1) is 0 Å². The second-order valence-electron chi connectivity index (χ2n) is 7.40. The van der Waals surface area contributed by atoms with Gasteiger partial charge in [-0.05, 0) is 39.5 Å². The Morgan fingerprint density at radius 3 is 2.18 bits per heavy atom. The highest BCUT2D eigenvalue weighted by atomic mass is 16.2. The molecular weight excluding hydrogens is 366 g/mol. The van der Waals surface area contributed by atoms with Gasteiger partial charge in [-0.1, -0.05) is 0 Å². The molecule has 2 aliphatic rings. The maximum atomic E-state index is 12.9. The van der Waals surface area contributed by atoms with E-state index in [0.717, 1.165) is 0 Å². The average molecular weight is 395 g/mol. The van der Waals surface area contributed by atoms with Gasteiger partial charge in [-0.3, -0.25) is 24.0 Å². The summed E-state index contributed by atoms with van der Waals surface area (Å²) < 4.78 is 0. The molecule has 0 aromatic rings. The minimum absolute atomic E-state index is 0.0422. The Labute approximate surface area is 164 Å². The first-order chi connectivity index (χ1) is 13.1. The van der Waals surface area contributed by atoms with E-state index in [1.165, 1.54) is 14.0 Å². The van der Waals surface area contributed by atoms with Crippen molar-refractivity contribution >= 4 is 29.5 Å². The molecule has 0 saturated carbocycles. The van der Waals surface area contributed by atoms with Crippen molar-refractivity contribution in [1.82, 2.24) is 26.2 Å². The number of rotatable bonds is 6. The van der Waals surface area contributed by atoms with Gasteiger partial charge in [0, 0.05) is 20.0 Å². The fourth-order valence-electron chi connectivity index (χ4n) is 3.81. The molecule has 2 fully saturated rings. The van der Waals surface area contributed by atoms with E-state index in [2.05, 4.69) is 21.3 Å². The van der Waals surface area contributed by atoms with Gasteiger partial charge in [0.15, 0.2) is 0 Å². The fourth-order valence-corrected chi connectivity index (χ4v) is 3.81. The summed E-state index contributed by atoms with van der Waals surface area (Å²) in [7, 11) is 1.49. The highest BCUT2D eigenvalue weighted by Crippen LogP contribution is 2.32. The van der Waals surface area contributed by atoms with Gasteiger partial charge in [-0.2, -0.15) is 0 Å². The lowest BCUT2D eigenvalue weighted by Crippen LogP contribution is -2.61. The van der Waals surface area contributed by atoms with E-state index < -0.39 is 30.1 Å². The van der Waals surface area contributed by atoms with Crippen molar-refractivity contribution in [2.75, 3.05) is 7.05 Å². The molecule has 10 nitrogen and oxygen atoms in total. The van der Waals surface area contributed by atoms with Crippen molar-refractivity contribution in [3.05, 3.63) is 0 Å². The Bertz CT molecular complexity index is 667. The molecule has 0 unspecified atom stereocenters. The van der Waals surface area contributed by atoms with Crippen LogP contribution in [-0.4, -0.2) is 71.7 Å². The first-order valence-corrected chi connectivity index (χ1v) is 9.57. The third-order valence-electron chi connectivity index (χ3n) is 5.27. The van der Waals surface area contributed by atoms with Crippen molar-refractivity contribution in [1.29, 1.82) is 0 Å². The Kier molecular flexibility index (Phi) is 6.98. The third-order valence-corrected chi connectivity index (χ3v) is 5.27. The number of fused-ring (bicyclic) bond motifs is 1. The molecule has 0 aromatic heterocycles. The number of carbonyl (C=O) groups excluding carboxylic acids is 5. The maximum Gasteiger partial charge on any atom is 0.246 e. The quantitative estimate of drug-likeness (QED) is 0.429. The molecule has 2 rings (SSSR count). The zero-order valence-corrected chi connectivity index (χ0v) is 16.7. The van der Waals surface area contributed by atoms with Gasteiger partial charge in [-0.15, -0.1) is 0 Å². The lowest BCUT2D eigenvalue weighted by atomic mass is 9.97. The van der Waals surface area contributed by atoms with Crippen LogP contribution in [0.5, 0.6) is 0 Å². The minimum atomic E-state index is -0.755. The van der Waals surface area contributed by atoms with Gasteiger partial charge in [-0.25, -0.2) is 0 Å². The number of nitrogens with one attached hydrogen (secondary N) is 4. The normalized spacial score (nSPS) is 25.9. The minimum Gasteiger partial charge on any atom is -0.357 e. The molecule has 0 bridgehead atoms. The zero-order chi connectivity index (χ0) is 21.0. The van der Waals surface area contributed by atoms with Crippen molar-refractivity contribution in [3.8, 4) is 0 Å². The summed E-state index contributed by atoms with van der Waals surface area (Å²) in [6, 6.07) is -2.89. The SMILES string of the molecule is CNC(=O)[C@H](C)NC(=O)[C@@H]1CC[C@@H]2CC[C@H](NC(=O)[C@H](C)NC(C)=O)C(=O)N21. The molecule has 0 spiro atoms. The monoisotopic (exact) mass is 395 g/mol. The largest absolute Gasteiger partial charge is 0.357 e. The van der Waals surface area contributed by atoms with Crippen LogP contribution < -0.4 is 21.3 Å². The smallest absolute Gasteiger partial charge is 0.246 e. The first kappa shape index (κ1) is 21.6. The number of hydrogen-bond acceptors (Lipinski definition) is 5. The summed E-state index contributed by atoms with van der Waals surface area (Å²) in [5, 5.41) is 10.3. The van der Waals surface area contributed by atoms with Gasteiger partial charge in [0.25, 0.3) is 0 Å². The molecule has 0 aromatic carbocycles. The molecule has 10 heteroatoms. The number of nitrogens with zero attached hydrogens (tertiary/aromatic N) is 1. The van der Waals surface area contributed by atoms with Crippen LogP contribution in [0.25, 0.3) is 0 Å². The van der Waals surface area contributed by atoms with E-state index in [-0.39, 0.29) is 29.7 Å². The van der Waals surface area contributed by atoms with Crippen molar-refractivity contribution in [2.45, 2.75) is 76.7 Å². The predicted octanol–water partition coefficient (Wildman–Crippen LogP) is -1.60. The van der Waals surface area contributed by atoms with Gasteiger partial charge < -0.3 is 26.2 Å². The summed E-state index contributed by atoms with van der Waals surface area (Å²) in [5.74, 6) is -1.76. The van der Waals surface area contributed by atoms with Crippen molar-refractivity contribution in [2.24, 2.45) is 0 Å². The topological polar surface area (TPSA) is 137 Å². The Hall–Kier alpha value is -2.65. The summed E-state index contributed by atoms with van der Waals surface area (Å²) in [4.78, 5) is 62.1. The molecule has 5 atom stereocenters. The molecular formula is C18H29N5O5. The van der Waals surface area contributed by atoms with Crippen LogP contribution in [0.4, 0.5) is 0 Å². The molecule has 28 heavy (non-hydrogen) atoms. The second-order valence-corrected chi connectivity index (χ2v) is 7.40. The van der Waals surface area contributed by atoms with Crippen LogP contribution in [0.2, 0.25) is 0 Å². The lowest BCUT2D eigenvalue weighted by molar-refractivity contribution is -0.146. The molecule has 156 valence electrons. The molecule has 0 aliphatic carbocycles. The average Bonchev–Trinajstić information content (AvgIpc) is 3.07. The summed E-state index contributed by atoms with van der Waals surface area (Å²) >= 11 is 0. The lowest BCUT2D eigenvalue weighted by Gasteiger charge is -2.38. The van der Waals surface area contributed by atoms with Crippen LogP contribution >= 0.6 is 0 Å². The van der Waals surface area contributed by atoms with E-state index >= 15 is 0 Å². The Morgan fingerprint density at radius 2 is 1.57 bits per heavy atom. The van der Waals surface area contributed by atoms with Crippen LogP contribution in [0.1, 0.15) is 46.5 Å². The number of likely N-dealkylation sites (N-methyl/N-ethyl adjacent to an activating group) is 1. The summed E-state index contributed by atoms with van der Waals surface area (Å²) in [6.45, 7) is 4.43. The van der Waals surface area contributed by atoms with E-state index in [1.807, 2.05) is 0 Å². The van der Waals surface area contributed by atoms with Crippen LogP contribution in [-0.2, 0) is 24.0 Å². The number of hydrogen-bond donors (Lipinski definition) is 4. The van der Waals surface area contributed by atoms with Gasteiger partial charge in [0.1, 0.15) is 24.2 Å².